The number of rotatable bonds is 6. The summed E-state index contributed by atoms with van der Waals surface area (Å²) in [5, 5.41) is 0. The molecule has 0 bridgehead atoms. The van der Waals surface area contributed by atoms with E-state index >= 15 is 0 Å². The second-order valence-corrected chi connectivity index (χ2v) is 5.81. The average Bonchev–Trinajstić information content (AvgIpc) is 2.00. The predicted octanol–water partition coefficient (Wildman–Crippen LogP) is -0.300. The van der Waals surface area contributed by atoms with E-state index in [1.54, 1.807) is 0 Å². The highest BCUT2D eigenvalue weighted by Gasteiger charge is 2.08. The van der Waals surface area contributed by atoms with E-state index in [9.17, 15) is 8.42 Å². The summed E-state index contributed by atoms with van der Waals surface area (Å²) in [5.41, 5.74) is 5.47. The highest BCUT2D eigenvalue weighted by Crippen LogP contribution is 1.96. The normalized spacial score (nSPS) is 14.8. The van der Waals surface area contributed by atoms with Crippen LogP contribution in [0.25, 0.3) is 0 Å². The van der Waals surface area contributed by atoms with E-state index in [2.05, 4.69) is 4.90 Å². The number of nitrogens with two attached hydrogens (primary N) is 1. The Bertz CT molecular complexity index is 226. The standard InChI is InChI=1S/C8H20N2O2S/c1-8(7-9)10(2)5-4-6-13(3,11)12/h8H,4-7,9H2,1-3H3. The van der Waals surface area contributed by atoms with Crippen molar-refractivity contribution in [3.8, 4) is 0 Å². The van der Waals surface area contributed by atoms with Crippen LogP contribution in [-0.2, 0) is 9.84 Å². The van der Waals surface area contributed by atoms with Crippen molar-refractivity contribution >= 4 is 9.84 Å². The van der Waals surface area contributed by atoms with Gasteiger partial charge in [-0.25, -0.2) is 8.42 Å². The molecule has 80 valence electrons. The van der Waals surface area contributed by atoms with Crippen LogP contribution in [0.2, 0.25) is 0 Å². The summed E-state index contributed by atoms with van der Waals surface area (Å²) in [6.07, 6.45) is 1.94. The summed E-state index contributed by atoms with van der Waals surface area (Å²) in [6, 6.07) is 0.319. The zero-order valence-electron chi connectivity index (χ0n) is 8.66. The quantitative estimate of drug-likeness (QED) is 0.651. The molecule has 0 aliphatic carbocycles. The summed E-state index contributed by atoms with van der Waals surface area (Å²) in [4.78, 5) is 2.07. The molecule has 0 saturated heterocycles. The van der Waals surface area contributed by atoms with Crippen LogP contribution in [-0.4, -0.2) is 51.5 Å². The molecule has 4 nitrogen and oxygen atoms in total. The molecule has 0 aliphatic heterocycles. The van der Waals surface area contributed by atoms with Gasteiger partial charge in [0.15, 0.2) is 0 Å². The van der Waals surface area contributed by atoms with Gasteiger partial charge in [-0.3, -0.25) is 0 Å². The van der Waals surface area contributed by atoms with Crippen LogP contribution in [0.3, 0.4) is 0 Å². The molecule has 0 amide bonds. The zero-order chi connectivity index (χ0) is 10.5. The summed E-state index contributed by atoms with van der Waals surface area (Å²) in [7, 11) is -0.852. The summed E-state index contributed by atoms with van der Waals surface area (Å²) in [6.45, 7) is 3.42. The minimum Gasteiger partial charge on any atom is -0.329 e. The Morgan fingerprint density at radius 2 is 2.00 bits per heavy atom. The smallest absolute Gasteiger partial charge is 0.147 e. The lowest BCUT2D eigenvalue weighted by Crippen LogP contribution is -2.36. The van der Waals surface area contributed by atoms with Crippen molar-refractivity contribution in [2.45, 2.75) is 19.4 Å². The van der Waals surface area contributed by atoms with Gasteiger partial charge in [-0.1, -0.05) is 0 Å². The SMILES string of the molecule is CC(CN)N(C)CCCS(C)(=O)=O. The number of hydrogen-bond donors (Lipinski definition) is 1. The van der Waals surface area contributed by atoms with Crippen molar-refractivity contribution in [2.24, 2.45) is 5.73 Å². The van der Waals surface area contributed by atoms with Crippen molar-refractivity contribution < 1.29 is 8.42 Å². The van der Waals surface area contributed by atoms with Crippen molar-refractivity contribution in [3.05, 3.63) is 0 Å². The first-order chi connectivity index (χ1) is 5.87. The molecule has 0 aliphatic rings. The molecule has 0 aromatic heterocycles. The van der Waals surface area contributed by atoms with Crippen molar-refractivity contribution in [2.75, 3.05) is 32.1 Å². The van der Waals surface area contributed by atoms with E-state index in [1.165, 1.54) is 6.26 Å². The maximum atomic E-state index is 10.8. The van der Waals surface area contributed by atoms with Crippen LogP contribution in [0.4, 0.5) is 0 Å². The van der Waals surface area contributed by atoms with E-state index in [0.29, 0.717) is 19.0 Å². The fourth-order valence-corrected chi connectivity index (χ4v) is 1.63. The van der Waals surface area contributed by atoms with E-state index in [4.69, 9.17) is 5.73 Å². The monoisotopic (exact) mass is 208 g/mol. The van der Waals surface area contributed by atoms with E-state index in [1.807, 2.05) is 14.0 Å². The van der Waals surface area contributed by atoms with Gasteiger partial charge in [0.05, 0.1) is 5.75 Å². The first kappa shape index (κ1) is 12.9. The summed E-state index contributed by atoms with van der Waals surface area (Å²) >= 11 is 0. The van der Waals surface area contributed by atoms with Gasteiger partial charge in [0.25, 0.3) is 0 Å². The lowest BCUT2D eigenvalue weighted by Gasteiger charge is -2.22. The van der Waals surface area contributed by atoms with Gasteiger partial charge in [-0.05, 0) is 26.9 Å². The number of sulfone groups is 1. The molecule has 13 heavy (non-hydrogen) atoms. The van der Waals surface area contributed by atoms with Crippen molar-refractivity contribution in [3.63, 3.8) is 0 Å². The fraction of sp³-hybridized carbons (Fsp3) is 1.00. The molecule has 0 aromatic carbocycles. The molecular formula is C8H20N2O2S. The molecule has 0 aromatic rings. The van der Waals surface area contributed by atoms with Gasteiger partial charge in [-0.2, -0.15) is 0 Å². The Morgan fingerprint density at radius 3 is 2.38 bits per heavy atom. The predicted molar refractivity (Wildman–Crippen MR) is 55.5 cm³/mol. The maximum Gasteiger partial charge on any atom is 0.147 e. The summed E-state index contributed by atoms with van der Waals surface area (Å²) in [5.74, 6) is 0.259. The average molecular weight is 208 g/mol. The minimum atomic E-state index is -2.81. The van der Waals surface area contributed by atoms with Gasteiger partial charge in [0, 0.05) is 18.8 Å². The molecule has 0 saturated carbocycles. The third-order valence-corrected chi connectivity index (χ3v) is 3.15. The topological polar surface area (TPSA) is 63.4 Å². The summed E-state index contributed by atoms with van der Waals surface area (Å²) < 4.78 is 21.6. The first-order valence-corrected chi connectivity index (χ1v) is 6.51. The van der Waals surface area contributed by atoms with Crippen LogP contribution in [0.5, 0.6) is 0 Å². The van der Waals surface area contributed by atoms with Gasteiger partial charge in [0.1, 0.15) is 9.84 Å². The van der Waals surface area contributed by atoms with Gasteiger partial charge in [0.2, 0.25) is 0 Å². The van der Waals surface area contributed by atoms with Crippen LogP contribution in [0, 0.1) is 0 Å². The highest BCUT2D eigenvalue weighted by atomic mass is 32.2. The Hall–Kier alpha value is -0.130. The molecule has 1 unspecified atom stereocenters. The van der Waals surface area contributed by atoms with Crippen LogP contribution in [0.1, 0.15) is 13.3 Å². The Labute approximate surface area is 81.0 Å². The Balaban J connectivity index is 3.65. The first-order valence-electron chi connectivity index (χ1n) is 4.45. The fourth-order valence-electron chi connectivity index (χ4n) is 0.976. The second kappa shape index (κ2) is 5.57. The van der Waals surface area contributed by atoms with Crippen LogP contribution < -0.4 is 5.73 Å². The minimum absolute atomic E-state index is 0.259. The third-order valence-electron chi connectivity index (χ3n) is 2.12. The lowest BCUT2D eigenvalue weighted by atomic mass is 10.3. The van der Waals surface area contributed by atoms with E-state index in [-0.39, 0.29) is 5.75 Å². The van der Waals surface area contributed by atoms with E-state index in [0.717, 1.165) is 6.54 Å². The van der Waals surface area contributed by atoms with Gasteiger partial charge < -0.3 is 10.6 Å². The van der Waals surface area contributed by atoms with Crippen molar-refractivity contribution in [1.82, 2.24) is 4.90 Å². The number of nitrogens with zero attached hydrogens (tertiary/aromatic N) is 1. The lowest BCUT2D eigenvalue weighted by molar-refractivity contribution is 0.264. The number of likely N-dealkylation sites (N-methyl/N-ethyl adjacent to an activating group) is 1. The highest BCUT2D eigenvalue weighted by molar-refractivity contribution is 7.90. The largest absolute Gasteiger partial charge is 0.329 e. The zero-order valence-corrected chi connectivity index (χ0v) is 9.47. The third kappa shape index (κ3) is 6.98. The molecule has 5 heteroatoms. The molecule has 2 N–H and O–H groups in total. The maximum absolute atomic E-state index is 10.8. The van der Waals surface area contributed by atoms with Crippen LogP contribution >= 0.6 is 0 Å². The second-order valence-electron chi connectivity index (χ2n) is 3.55. The molecule has 0 radical (unpaired) electrons. The Morgan fingerprint density at radius 1 is 1.46 bits per heavy atom. The molecule has 0 heterocycles. The van der Waals surface area contributed by atoms with Crippen molar-refractivity contribution in [1.29, 1.82) is 0 Å². The molecular weight excluding hydrogens is 188 g/mol. The molecule has 0 spiro atoms. The molecule has 0 rings (SSSR count). The molecule has 1 atom stereocenters. The Kier molecular flexibility index (Phi) is 5.51. The van der Waals surface area contributed by atoms with Gasteiger partial charge >= 0.3 is 0 Å². The molecule has 0 fully saturated rings. The van der Waals surface area contributed by atoms with E-state index < -0.39 is 9.84 Å². The van der Waals surface area contributed by atoms with Crippen LogP contribution in [0.15, 0.2) is 0 Å². The number of hydrogen-bond acceptors (Lipinski definition) is 4. The van der Waals surface area contributed by atoms with Gasteiger partial charge in [-0.15, -0.1) is 0 Å².